The summed E-state index contributed by atoms with van der Waals surface area (Å²) >= 11 is 15.2. The van der Waals surface area contributed by atoms with Gasteiger partial charge in [0.15, 0.2) is 0 Å². The highest BCUT2D eigenvalue weighted by molar-refractivity contribution is 8.89. The van der Waals surface area contributed by atoms with E-state index in [0.717, 1.165) is 47.7 Å². The second-order valence-corrected chi connectivity index (χ2v) is 13.5. The van der Waals surface area contributed by atoms with Crippen molar-refractivity contribution in [2.45, 2.75) is 53.6 Å². The van der Waals surface area contributed by atoms with Gasteiger partial charge in [0.1, 0.15) is 8.64 Å². The van der Waals surface area contributed by atoms with E-state index in [1.807, 2.05) is 0 Å². The van der Waals surface area contributed by atoms with Crippen LogP contribution in [-0.2, 0) is 13.1 Å². The molecule has 30 heavy (non-hydrogen) atoms. The predicted octanol–water partition coefficient (Wildman–Crippen LogP) is 8.16. The quantitative estimate of drug-likeness (QED) is 0.230. The van der Waals surface area contributed by atoms with Crippen molar-refractivity contribution in [1.29, 1.82) is 0 Å². The van der Waals surface area contributed by atoms with Crippen LogP contribution >= 0.6 is 68.7 Å². The van der Waals surface area contributed by atoms with Crippen molar-refractivity contribution in [2.75, 3.05) is 13.1 Å². The summed E-state index contributed by atoms with van der Waals surface area (Å²) in [6, 6.07) is 8.59. The topological polar surface area (TPSA) is 6.48 Å². The molecule has 0 aliphatic heterocycles. The Morgan fingerprint density at radius 2 is 1.20 bits per heavy atom. The van der Waals surface area contributed by atoms with Gasteiger partial charge in [-0.1, -0.05) is 64.3 Å². The number of thiophene rings is 2. The normalized spacial score (nSPS) is 11.3. The fraction of sp³-hybridized carbons (Fsp3) is 0.545. The molecule has 8 heteroatoms. The van der Waals surface area contributed by atoms with Crippen molar-refractivity contribution in [3.63, 3.8) is 0 Å². The summed E-state index contributed by atoms with van der Waals surface area (Å²) in [4.78, 5) is 7.37. The summed E-state index contributed by atoms with van der Waals surface area (Å²) in [7, 11) is 3.28. The zero-order valence-electron chi connectivity index (χ0n) is 18.2. The minimum absolute atomic E-state index is 0.662. The summed E-state index contributed by atoms with van der Waals surface area (Å²) in [6.45, 7) is 12.8. The average molecular weight is 517 g/mol. The number of hydrogen-bond acceptors (Lipinski definition) is 6. The molecule has 2 rings (SSSR count). The summed E-state index contributed by atoms with van der Waals surface area (Å²) in [5.74, 6) is 1.32. The molecule has 2 heterocycles. The van der Waals surface area contributed by atoms with Crippen LogP contribution in [0.4, 0.5) is 0 Å². The molecule has 0 amide bonds. The molecule has 0 N–H and O–H groups in total. The summed E-state index contributed by atoms with van der Waals surface area (Å²) in [5.41, 5.74) is 0. The van der Waals surface area contributed by atoms with E-state index in [4.69, 9.17) is 24.4 Å². The lowest BCUT2D eigenvalue weighted by molar-refractivity contribution is 0.388. The van der Waals surface area contributed by atoms with Gasteiger partial charge in [-0.05, 0) is 69.2 Å². The van der Waals surface area contributed by atoms with Gasteiger partial charge in [-0.2, -0.15) is 0 Å². The maximum atomic E-state index is 5.82. The monoisotopic (exact) mass is 516 g/mol. The zero-order valence-corrected chi connectivity index (χ0v) is 23.1. The molecule has 0 saturated heterocycles. The Labute approximate surface area is 209 Å². The summed E-state index contributed by atoms with van der Waals surface area (Å²) < 4.78 is 1.85. The van der Waals surface area contributed by atoms with E-state index >= 15 is 0 Å². The van der Waals surface area contributed by atoms with Crippen LogP contribution in [0.3, 0.4) is 0 Å². The van der Waals surface area contributed by atoms with E-state index in [9.17, 15) is 0 Å². The number of hydrogen-bond donors (Lipinski definition) is 0. The molecular weight excluding hydrogens is 485 g/mol. The average Bonchev–Trinajstić information content (AvgIpc) is 3.39. The van der Waals surface area contributed by atoms with Gasteiger partial charge in [-0.3, -0.25) is 0 Å². The lowest BCUT2D eigenvalue weighted by atomic mass is 10.1. The van der Waals surface area contributed by atoms with Crippen LogP contribution in [-0.4, -0.2) is 31.5 Å². The minimum Gasteiger partial charge on any atom is -0.352 e. The van der Waals surface area contributed by atoms with Gasteiger partial charge in [0.25, 0.3) is 0 Å². The highest BCUT2D eigenvalue weighted by Gasteiger charge is 2.17. The van der Waals surface area contributed by atoms with Crippen molar-refractivity contribution in [1.82, 2.24) is 9.80 Å². The van der Waals surface area contributed by atoms with Gasteiger partial charge < -0.3 is 9.80 Å². The molecule has 0 bridgehead atoms. The van der Waals surface area contributed by atoms with E-state index in [2.05, 4.69) is 72.5 Å². The third-order valence-electron chi connectivity index (χ3n) is 4.51. The Bertz CT molecular complexity index is 676. The number of rotatable bonds is 10. The predicted molar refractivity (Wildman–Crippen MR) is 149 cm³/mol. The van der Waals surface area contributed by atoms with Gasteiger partial charge in [0.05, 0.1) is 13.1 Å². The standard InChI is InChI=1S/C22H32N2S6/c1-17(2)9-11-23(15-19-7-5-13-27-19)21(25)29-30-22(26)24(12-10-18(3)4)16-20-8-6-14-28-20/h5-8,13-14,17-18H,9-12,15-16H2,1-4H3. The van der Waals surface area contributed by atoms with E-state index in [1.54, 1.807) is 44.3 Å². The van der Waals surface area contributed by atoms with Gasteiger partial charge in [0.2, 0.25) is 0 Å². The van der Waals surface area contributed by atoms with Crippen molar-refractivity contribution in [2.24, 2.45) is 11.8 Å². The van der Waals surface area contributed by atoms with E-state index < -0.39 is 0 Å². The molecule has 2 aromatic rings. The lowest BCUT2D eigenvalue weighted by Gasteiger charge is -2.27. The molecule has 0 aliphatic carbocycles. The zero-order chi connectivity index (χ0) is 21.9. The highest BCUT2D eigenvalue weighted by atomic mass is 33.1. The molecule has 2 nitrogen and oxygen atoms in total. The summed E-state index contributed by atoms with van der Waals surface area (Å²) in [5, 5.41) is 4.26. The second kappa shape index (κ2) is 14.1. The first kappa shape index (κ1) is 26.1. The second-order valence-electron chi connectivity index (χ2n) is 8.07. The molecule has 0 spiro atoms. The molecule has 166 valence electrons. The molecule has 2 aromatic heterocycles. The van der Waals surface area contributed by atoms with Gasteiger partial charge in [-0.15, -0.1) is 22.7 Å². The Hall–Kier alpha value is -0.120. The van der Waals surface area contributed by atoms with Crippen molar-refractivity contribution in [3.8, 4) is 0 Å². The van der Waals surface area contributed by atoms with E-state index in [-0.39, 0.29) is 0 Å². The fourth-order valence-corrected chi connectivity index (χ4v) is 6.74. The maximum absolute atomic E-state index is 5.82. The van der Waals surface area contributed by atoms with E-state index in [1.165, 1.54) is 9.75 Å². The fourth-order valence-electron chi connectivity index (χ4n) is 2.66. The number of thiocarbonyl (C=S) groups is 2. The Balaban J connectivity index is 1.94. The first-order valence-corrected chi connectivity index (χ1v) is 15.0. The summed E-state index contributed by atoms with van der Waals surface area (Å²) in [6.07, 6.45) is 2.28. The Morgan fingerprint density at radius 3 is 1.50 bits per heavy atom. The Kier molecular flexibility index (Phi) is 12.3. The molecule has 0 aliphatic rings. The lowest BCUT2D eigenvalue weighted by Crippen LogP contribution is -2.30. The molecular formula is C22H32N2S6. The van der Waals surface area contributed by atoms with Crippen molar-refractivity contribution >= 4 is 77.3 Å². The molecule has 0 atom stereocenters. The van der Waals surface area contributed by atoms with Gasteiger partial charge in [-0.25, -0.2) is 0 Å². The van der Waals surface area contributed by atoms with Crippen LogP contribution in [0, 0.1) is 11.8 Å². The van der Waals surface area contributed by atoms with Crippen LogP contribution < -0.4 is 0 Å². The smallest absolute Gasteiger partial charge is 0.147 e. The minimum atomic E-state index is 0.662. The van der Waals surface area contributed by atoms with Gasteiger partial charge in [0, 0.05) is 22.8 Å². The third kappa shape index (κ3) is 10.0. The van der Waals surface area contributed by atoms with Crippen LogP contribution in [0.2, 0.25) is 0 Å². The first-order chi connectivity index (χ1) is 14.3. The van der Waals surface area contributed by atoms with Crippen LogP contribution in [0.5, 0.6) is 0 Å². The van der Waals surface area contributed by atoms with E-state index in [0.29, 0.717) is 11.8 Å². The molecule has 0 saturated carbocycles. The molecule has 0 radical (unpaired) electrons. The van der Waals surface area contributed by atoms with Gasteiger partial charge >= 0.3 is 0 Å². The van der Waals surface area contributed by atoms with Crippen LogP contribution in [0.15, 0.2) is 35.0 Å². The van der Waals surface area contributed by atoms with Crippen molar-refractivity contribution in [3.05, 3.63) is 44.8 Å². The van der Waals surface area contributed by atoms with Crippen LogP contribution in [0.25, 0.3) is 0 Å². The Morgan fingerprint density at radius 1 is 0.800 bits per heavy atom. The SMILES string of the molecule is CC(C)CCN(Cc1cccs1)C(=S)SSC(=S)N(CCC(C)C)Cc1cccs1. The number of nitrogens with zero attached hydrogens (tertiary/aromatic N) is 2. The first-order valence-electron chi connectivity index (χ1n) is 10.3. The van der Waals surface area contributed by atoms with Crippen LogP contribution in [0.1, 0.15) is 50.3 Å². The van der Waals surface area contributed by atoms with Crippen molar-refractivity contribution < 1.29 is 0 Å². The molecule has 0 unspecified atom stereocenters. The third-order valence-corrected chi connectivity index (χ3v) is 9.96. The largest absolute Gasteiger partial charge is 0.352 e. The molecule has 0 fully saturated rings. The molecule has 0 aromatic carbocycles. The maximum Gasteiger partial charge on any atom is 0.147 e. The highest BCUT2D eigenvalue weighted by Crippen LogP contribution is 2.31.